The predicted octanol–water partition coefficient (Wildman–Crippen LogP) is 4.16. The molecule has 0 unspecified atom stereocenters. The Bertz CT molecular complexity index is 1080. The number of anilines is 1. The van der Waals surface area contributed by atoms with Gasteiger partial charge >= 0.3 is 0 Å². The molecule has 0 bridgehead atoms. The van der Waals surface area contributed by atoms with Crippen LogP contribution in [0.2, 0.25) is 0 Å². The lowest BCUT2D eigenvalue weighted by Gasteiger charge is -2.09. The van der Waals surface area contributed by atoms with Gasteiger partial charge in [-0.15, -0.1) is 0 Å². The molecule has 0 spiro atoms. The number of rotatable bonds is 3. The lowest BCUT2D eigenvalue weighted by Crippen LogP contribution is -2.14. The summed E-state index contributed by atoms with van der Waals surface area (Å²) in [6, 6.07) is 9.29. The fourth-order valence-electron chi connectivity index (χ4n) is 2.84. The van der Waals surface area contributed by atoms with E-state index < -0.39 is 17.5 Å². The van der Waals surface area contributed by atoms with E-state index in [0.29, 0.717) is 28.0 Å². The van der Waals surface area contributed by atoms with Gasteiger partial charge in [-0.1, -0.05) is 0 Å². The number of carbonyl (C=O) groups is 1. The summed E-state index contributed by atoms with van der Waals surface area (Å²) in [7, 11) is 0. The first-order chi connectivity index (χ1) is 12.3. The van der Waals surface area contributed by atoms with Crippen molar-refractivity contribution >= 4 is 28.1 Å². The van der Waals surface area contributed by atoms with Gasteiger partial charge in [0.05, 0.1) is 0 Å². The zero-order valence-electron chi connectivity index (χ0n) is 14.2. The summed E-state index contributed by atoms with van der Waals surface area (Å²) < 4.78 is 26.4. The number of benzene rings is 2. The second-order valence-corrected chi connectivity index (χ2v) is 5.97. The number of hydrogen-bond donors (Lipinski definition) is 2. The topological polar surface area (TPSA) is 62.0 Å². The van der Waals surface area contributed by atoms with Crippen LogP contribution >= 0.6 is 0 Å². The van der Waals surface area contributed by atoms with Gasteiger partial charge in [0, 0.05) is 33.9 Å². The number of halogens is 2. The number of nitrogens with one attached hydrogen (secondary N) is 2. The average Bonchev–Trinajstić information content (AvgIpc) is 2.57. The molecule has 0 fully saturated rings. The van der Waals surface area contributed by atoms with Crippen molar-refractivity contribution in [3.8, 4) is 0 Å². The highest BCUT2D eigenvalue weighted by Gasteiger charge is 2.13. The Morgan fingerprint density at radius 1 is 1.08 bits per heavy atom. The lowest BCUT2D eigenvalue weighted by molar-refractivity contribution is -0.111. The van der Waals surface area contributed by atoms with E-state index in [1.54, 1.807) is 13.8 Å². The molecule has 4 nitrogen and oxygen atoms in total. The van der Waals surface area contributed by atoms with E-state index in [2.05, 4.69) is 10.3 Å². The van der Waals surface area contributed by atoms with Gasteiger partial charge in [0.25, 0.3) is 0 Å². The molecule has 0 atom stereocenters. The van der Waals surface area contributed by atoms with Gasteiger partial charge in [-0.25, -0.2) is 8.78 Å². The Kier molecular flexibility index (Phi) is 4.67. The smallest absolute Gasteiger partial charge is 0.248 e. The molecule has 0 aliphatic heterocycles. The number of hydrogen-bond acceptors (Lipinski definition) is 2. The van der Waals surface area contributed by atoms with Crippen molar-refractivity contribution < 1.29 is 13.6 Å². The number of aryl methyl sites for hydroxylation is 1. The lowest BCUT2D eigenvalue weighted by atomic mass is 10.0. The highest BCUT2D eigenvalue weighted by molar-refractivity contribution is 6.04. The second kappa shape index (κ2) is 6.92. The largest absolute Gasteiger partial charge is 0.358 e. The minimum atomic E-state index is -0.506. The maximum Gasteiger partial charge on any atom is 0.248 e. The summed E-state index contributed by atoms with van der Waals surface area (Å²) in [4.78, 5) is 27.9. The quantitative estimate of drug-likeness (QED) is 0.694. The fraction of sp³-hybridized carbons (Fsp3) is 0.100. The van der Waals surface area contributed by atoms with Crippen LogP contribution in [-0.4, -0.2) is 10.9 Å². The molecule has 0 aliphatic rings. The van der Waals surface area contributed by atoms with Crippen molar-refractivity contribution in [2.45, 2.75) is 13.8 Å². The first kappa shape index (κ1) is 17.5. The third-order valence-electron chi connectivity index (χ3n) is 4.00. The van der Waals surface area contributed by atoms with E-state index in [1.165, 1.54) is 48.5 Å². The van der Waals surface area contributed by atoms with Gasteiger partial charge in [-0.2, -0.15) is 0 Å². The summed E-state index contributed by atoms with van der Waals surface area (Å²) in [6.07, 6.45) is 1.28. The molecule has 1 aromatic heterocycles. The molecular formula is C20H16F2N2O2. The molecule has 6 heteroatoms. The van der Waals surface area contributed by atoms with Crippen LogP contribution in [0.25, 0.3) is 16.5 Å². The minimum Gasteiger partial charge on any atom is -0.358 e. The normalized spacial score (nSPS) is 11.6. The molecule has 3 rings (SSSR count). The second-order valence-electron chi connectivity index (χ2n) is 5.97. The molecule has 3 aromatic rings. The van der Waals surface area contributed by atoms with Crippen LogP contribution in [0.15, 0.2) is 53.3 Å². The van der Waals surface area contributed by atoms with Crippen LogP contribution in [0.4, 0.5) is 14.5 Å². The minimum absolute atomic E-state index is 0.220. The van der Waals surface area contributed by atoms with Crippen LogP contribution in [0.3, 0.4) is 0 Å². The first-order valence-electron chi connectivity index (χ1n) is 7.92. The van der Waals surface area contributed by atoms with Gasteiger partial charge in [0.2, 0.25) is 5.91 Å². The van der Waals surface area contributed by atoms with E-state index in [4.69, 9.17) is 0 Å². The summed E-state index contributed by atoms with van der Waals surface area (Å²) >= 11 is 0. The van der Waals surface area contributed by atoms with Crippen LogP contribution in [-0.2, 0) is 4.79 Å². The van der Waals surface area contributed by atoms with Gasteiger partial charge in [0.1, 0.15) is 11.6 Å². The fourth-order valence-corrected chi connectivity index (χ4v) is 2.84. The zero-order chi connectivity index (χ0) is 18.8. The molecule has 2 aromatic carbocycles. The Morgan fingerprint density at radius 2 is 1.73 bits per heavy atom. The van der Waals surface area contributed by atoms with E-state index in [0.717, 1.165) is 0 Å². The van der Waals surface area contributed by atoms with Crippen molar-refractivity contribution in [1.29, 1.82) is 0 Å². The van der Waals surface area contributed by atoms with Crippen LogP contribution in [0.5, 0.6) is 0 Å². The number of H-pyrrole nitrogens is 1. The average molecular weight is 354 g/mol. The van der Waals surface area contributed by atoms with Crippen molar-refractivity contribution in [3.05, 3.63) is 81.7 Å². The van der Waals surface area contributed by atoms with E-state index >= 15 is 0 Å². The number of allylic oxidation sites excluding steroid dienone is 1. The first-order valence-corrected chi connectivity index (χ1v) is 7.92. The number of aromatic nitrogens is 1. The Balaban J connectivity index is 1.97. The van der Waals surface area contributed by atoms with Crippen LogP contribution in [0.1, 0.15) is 18.2 Å². The Hall–Kier alpha value is -3.28. The Labute approximate surface area is 148 Å². The van der Waals surface area contributed by atoms with Crippen molar-refractivity contribution in [2.75, 3.05) is 5.32 Å². The highest BCUT2D eigenvalue weighted by Crippen LogP contribution is 2.19. The van der Waals surface area contributed by atoms with Gasteiger partial charge in [0.15, 0.2) is 5.43 Å². The number of aromatic amines is 1. The van der Waals surface area contributed by atoms with Crippen molar-refractivity contribution in [2.24, 2.45) is 0 Å². The summed E-state index contributed by atoms with van der Waals surface area (Å²) in [5, 5.41) is 2.82. The molecule has 2 N–H and O–H groups in total. The molecule has 1 heterocycles. The maximum atomic E-state index is 13.5. The van der Waals surface area contributed by atoms with Crippen molar-refractivity contribution in [3.63, 3.8) is 0 Å². The summed E-state index contributed by atoms with van der Waals surface area (Å²) in [5.41, 5.74) is 1.95. The standard InChI is InChI=1S/C20H16F2N2O2/c1-11(9-18(25)24-15-6-3-13(21)4-7-15)19-12(2)23-17-8-5-14(22)10-16(17)20(19)26/h3-10H,1-2H3,(H,23,26)(H,24,25)/b11-9+. The molecule has 0 aliphatic carbocycles. The molecule has 1 amide bonds. The van der Waals surface area contributed by atoms with E-state index in [-0.39, 0.29) is 10.8 Å². The van der Waals surface area contributed by atoms with E-state index in [1.807, 2.05) is 0 Å². The number of carbonyl (C=O) groups excluding carboxylic acids is 1. The summed E-state index contributed by atoms with van der Waals surface area (Å²) in [5.74, 6) is -1.36. The van der Waals surface area contributed by atoms with Gasteiger partial charge in [-0.05, 0) is 61.9 Å². The highest BCUT2D eigenvalue weighted by atomic mass is 19.1. The van der Waals surface area contributed by atoms with Crippen LogP contribution in [0, 0.1) is 18.6 Å². The molecule has 26 heavy (non-hydrogen) atoms. The van der Waals surface area contributed by atoms with Gasteiger partial charge in [-0.3, -0.25) is 9.59 Å². The van der Waals surface area contributed by atoms with Crippen LogP contribution < -0.4 is 10.7 Å². The summed E-state index contributed by atoms with van der Waals surface area (Å²) in [6.45, 7) is 3.35. The van der Waals surface area contributed by atoms with Gasteiger partial charge < -0.3 is 10.3 Å². The third kappa shape index (κ3) is 3.54. The maximum absolute atomic E-state index is 13.5. The number of amides is 1. The third-order valence-corrected chi connectivity index (χ3v) is 4.00. The molecule has 0 radical (unpaired) electrons. The molecule has 132 valence electrons. The van der Waals surface area contributed by atoms with Crippen molar-refractivity contribution in [1.82, 2.24) is 4.98 Å². The predicted molar refractivity (Wildman–Crippen MR) is 97.9 cm³/mol. The monoisotopic (exact) mass is 354 g/mol. The number of pyridine rings is 1. The molecule has 0 saturated heterocycles. The molecular weight excluding hydrogens is 338 g/mol. The van der Waals surface area contributed by atoms with E-state index in [9.17, 15) is 18.4 Å². The SMILES string of the molecule is C/C(=C\C(=O)Nc1ccc(F)cc1)c1c(C)[nH]c2ccc(F)cc2c1=O. The molecule has 0 saturated carbocycles. The Morgan fingerprint density at radius 3 is 2.42 bits per heavy atom. The zero-order valence-corrected chi connectivity index (χ0v) is 14.2. The number of fused-ring (bicyclic) bond motifs is 1.